The summed E-state index contributed by atoms with van der Waals surface area (Å²) >= 11 is 0. The maximum atomic E-state index is 15.0. The lowest BCUT2D eigenvalue weighted by Gasteiger charge is -2.38. The lowest BCUT2D eigenvalue weighted by molar-refractivity contribution is -0.165. The number of likely N-dealkylation sites (tertiary alicyclic amines) is 1. The number of hydrogen-bond donors (Lipinski definition) is 5. The van der Waals surface area contributed by atoms with Gasteiger partial charge in [-0.3, -0.25) is 39.0 Å². The Balaban J connectivity index is 1.14. The second-order valence-electron chi connectivity index (χ2n) is 22.0. The third-order valence-corrected chi connectivity index (χ3v) is 16.0. The molecule has 2 fully saturated rings. The molecule has 19 nitrogen and oxygen atoms in total. The number of aliphatic hydroxyl groups is 2. The number of anilines is 1. The van der Waals surface area contributed by atoms with Crippen LogP contribution in [0, 0.1) is 36.5 Å². The number of fused-ring (bicyclic) bond motifs is 13. The van der Waals surface area contributed by atoms with E-state index in [4.69, 9.17) is 28.9 Å². The fourth-order valence-electron chi connectivity index (χ4n) is 11.3. The molecule has 76 heavy (non-hydrogen) atoms. The second-order valence-corrected chi connectivity index (χ2v) is 22.0. The molecule has 0 radical (unpaired) electrons. The number of rotatable bonds is 8. The predicted octanol–water partition coefficient (Wildman–Crippen LogP) is 4.86. The van der Waals surface area contributed by atoms with Gasteiger partial charge in [0.05, 0.1) is 40.9 Å². The van der Waals surface area contributed by atoms with Crippen LogP contribution in [0.3, 0.4) is 0 Å². The molecule has 6 aliphatic rings. The van der Waals surface area contributed by atoms with Crippen molar-refractivity contribution in [2.45, 2.75) is 124 Å². The topological polar surface area (TPSA) is 245 Å². The van der Waals surface area contributed by atoms with Crippen LogP contribution in [-0.2, 0) is 35.1 Å². The van der Waals surface area contributed by atoms with Crippen molar-refractivity contribution in [3.63, 3.8) is 0 Å². The second kappa shape index (κ2) is 22.8. The Morgan fingerprint density at radius 1 is 0.868 bits per heavy atom. The number of esters is 1. The normalized spacial score (nSPS) is 30.0. The van der Waals surface area contributed by atoms with Gasteiger partial charge in [0.1, 0.15) is 35.1 Å². The van der Waals surface area contributed by atoms with Crippen molar-refractivity contribution in [1.82, 2.24) is 19.7 Å². The van der Waals surface area contributed by atoms with Gasteiger partial charge in [0, 0.05) is 132 Å². The van der Waals surface area contributed by atoms with Gasteiger partial charge in [-0.25, -0.2) is 0 Å². The molecule has 5 bridgehead atoms. The molecule has 2 aromatic carbocycles. The number of aliphatic hydroxyl groups excluding tert-OH is 2. The quantitative estimate of drug-likeness (QED) is 0.115. The fraction of sp³-hybridized carbons (Fsp3) is 0.561. The molecule has 1 aromatic heterocycles. The number of nitrogens with one attached hydrogen (secondary N) is 1. The van der Waals surface area contributed by atoms with Gasteiger partial charge in [0.25, 0.3) is 11.7 Å². The van der Waals surface area contributed by atoms with Gasteiger partial charge in [-0.1, -0.05) is 59.8 Å². The third kappa shape index (κ3) is 11.3. The predicted molar refractivity (Wildman–Crippen MR) is 283 cm³/mol. The number of benzene rings is 2. The van der Waals surface area contributed by atoms with Crippen LogP contribution in [0.2, 0.25) is 0 Å². The zero-order valence-corrected chi connectivity index (χ0v) is 45.4. The first-order valence-corrected chi connectivity index (χ1v) is 26.5. The van der Waals surface area contributed by atoms with Gasteiger partial charge < -0.3 is 54.5 Å². The van der Waals surface area contributed by atoms with Crippen LogP contribution in [0.4, 0.5) is 5.69 Å². The van der Waals surface area contributed by atoms with Gasteiger partial charge >= 0.3 is 11.8 Å². The number of aromatic nitrogens is 1. The summed E-state index contributed by atoms with van der Waals surface area (Å²) < 4.78 is 24.7. The Bertz CT molecular complexity index is 2930. The summed E-state index contributed by atoms with van der Waals surface area (Å²) in [7, 11) is 1.45. The van der Waals surface area contributed by atoms with E-state index in [0.717, 1.165) is 12.1 Å². The molecule has 0 aliphatic carbocycles. The molecule has 410 valence electrons. The number of phenolic OH excluding ortho intramolecular Hbond substituents is 2. The van der Waals surface area contributed by atoms with E-state index in [1.807, 2.05) is 12.1 Å². The summed E-state index contributed by atoms with van der Waals surface area (Å²) in [5.41, 5.74) is 0.406. The first kappa shape index (κ1) is 56.0. The van der Waals surface area contributed by atoms with E-state index in [9.17, 15) is 39.6 Å². The largest absolute Gasteiger partial charge is 0.507 e. The van der Waals surface area contributed by atoms with Gasteiger partial charge in [-0.15, -0.1) is 0 Å². The van der Waals surface area contributed by atoms with E-state index < -0.39 is 95.1 Å². The lowest BCUT2D eigenvalue weighted by atomic mass is 9.78. The van der Waals surface area contributed by atoms with Crippen molar-refractivity contribution in [1.29, 1.82) is 0 Å². The molecule has 5 N–H and O–H groups in total. The van der Waals surface area contributed by atoms with E-state index in [1.54, 1.807) is 77.1 Å². The average Bonchev–Trinajstić information content (AvgIpc) is 3.90. The van der Waals surface area contributed by atoms with Crippen molar-refractivity contribution in [3.05, 3.63) is 88.1 Å². The molecule has 0 saturated carbocycles. The molecule has 0 unspecified atom stereocenters. The summed E-state index contributed by atoms with van der Waals surface area (Å²) in [6.45, 7) is 20.8. The minimum Gasteiger partial charge on any atom is -0.507 e. The summed E-state index contributed by atoms with van der Waals surface area (Å²) in [6, 6.07) is 3.90. The monoisotopic (exact) mass is 1050 g/mol. The highest BCUT2D eigenvalue weighted by atomic mass is 16.7. The molecule has 7 heterocycles. The van der Waals surface area contributed by atoms with E-state index in [-0.39, 0.29) is 55.5 Å². The maximum Gasteiger partial charge on any atom is 0.315 e. The molecule has 9 atom stereocenters. The highest BCUT2D eigenvalue weighted by Crippen LogP contribution is 2.50. The fourth-order valence-corrected chi connectivity index (χ4v) is 11.3. The number of pyridine rings is 1. The number of carbonyl (C=O) groups is 4. The van der Waals surface area contributed by atoms with Gasteiger partial charge in [-0.05, 0) is 43.5 Å². The molecule has 1 spiro atoms. The Morgan fingerprint density at radius 2 is 1.54 bits per heavy atom. The number of allylic oxidation sites excluding steroid dienone is 2. The number of phenols is 2. The number of ketones is 1. The molecule has 19 heteroatoms. The number of Topliss-reactive ketones (excluding diaryl/α,β-unsaturated/α-hetero) is 1. The van der Waals surface area contributed by atoms with Crippen LogP contribution in [0.5, 0.6) is 17.2 Å². The summed E-state index contributed by atoms with van der Waals surface area (Å²) in [4.78, 5) is 77.2. The summed E-state index contributed by atoms with van der Waals surface area (Å²) in [6.07, 6.45) is 7.30. The van der Waals surface area contributed by atoms with Crippen molar-refractivity contribution >= 4 is 40.0 Å². The average molecular weight is 1050 g/mol. The lowest BCUT2D eigenvalue weighted by Crippen LogP contribution is -2.49. The number of piperazine rings is 1. The Kier molecular flexibility index (Phi) is 16.8. The molecule has 2 amide bonds. The number of nitrogens with zero attached hydrogens (tertiary/aromatic N) is 6. The minimum atomic E-state index is -2.03. The molecule has 3 aromatic rings. The zero-order chi connectivity index (χ0) is 55.0. The summed E-state index contributed by atoms with van der Waals surface area (Å²) in [5.74, 6) is -7.78. The van der Waals surface area contributed by atoms with Crippen LogP contribution in [0.1, 0.15) is 96.1 Å². The molecule has 2 saturated heterocycles. The van der Waals surface area contributed by atoms with Crippen LogP contribution in [0.15, 0.2) is 70.7 Å². The van der Waals surface area contributed by atoms with Crippen LogP contribution in [0.25, 0.3) is 10.8 Å². The van der Waals surface area contributed by atoms with Gasteiger partial charge in [0.2, 0.25) is 5.91 Å². The van der Waals surface area contributed by atoms with Gasteiger partial charge in [-0.2, -0.15) is 0 Å². The minimum absolute atomic E-state index is 0.00722. The van der Waals surface area contributed by atoms with Crippen molar-refractivity contribution < 1.29 is 58.6 Å². The molecular formula is C57H75N7O12. The molecule has 6 aliphatic heterocycles. The third-order valence-electron chi connectivity index (χ3n) is 16.0. The van der Waals surface area contributed by atoms with Crippen molar-refractivity contribution in [3.8, 4) is 17.2 Å². The molecular weight excluding hydrogens is 975 g/mol. The number of aromatic hydroxyl groups is 2. The van der Waals surface area contributed by atoms with E-state index in [2.05, 4.69) is 33.9 Å². The van der Waals surface area contributed by atoms with E-state index in [1.165, 1.54) is 26.4 Å². The first-order valence-electron chi connectivity index (χ1n) is 26.5. The number of hydrogen-bond acceptors (Lipinski definition) is 17. The standard InChI is InChI=1S/C57H75N7O12/c1-31(2)29-62-21-17-57(18-22-62)60-45-42-43-50(69)37(8)53-44(42)54(71)56(9,76-53)74-27-16-39(73-10)34(5)52(75-41(66)28-40(65)64-25-23-63(24-26-64)30-38-14-19-58-20-15-38)36(7)49(68)35(6)48(67)32(3)12-11-13-33(4)55(72)59-47(51(43)70)46(45)61-57/h11-16,19-20,27,31-32,34-36,39,48-49,52,67-70H,17-18,21-26,28-30H2,1-10H3,(H,59,72)/b12-11+,27-16+,33-13-/t32-,34+,35+,36+,39-,48-,49+,52+,56-/m0/s1. The Morgan fingerprint density at radius 3 is 2.20 bits per heavy atom. The number of methoxy groups -OCH3 is 1. The van der Waals surface area contributed by atoms with Crippen LogP contribution >= 0.6 is 0 Å². The Hall–Kier alpha value is -6.25. The smallest absolute Gasteiger partial charge is 0.315 e. The highest BCUT2D eigenvalue weighted by Gasteiger charge is 2.50. The zero-order valence-electron chi connectivity index (χ0n) is 45.4. The number of ether oxygens (including phenoxy) is 4. The van der Waals surface area contributed by atoms with Gasteiger partial charge in [0.15, 0.2) is 11.4 Å². The number of carbonyl (C=O) groups excluding carboxylic acids is 4. The van der Waals surface area contributed by atoms with Crippen molar-refractivity contribution in [2.75, 3.05) is 58.2 Å². The molecule has 9 rings (SSSR count). The first-order chi connectivity index (χ1) is 36.1. The summed E-state index contributed by atoms with van der Waals surface area (Å²) in [5, 5.41) is 51.1. The Labute approximate surface area is 444 Å². The maximum absolute atomic E-state index is 15.0. The van der Waals surface area contributed by atoms with E-state index in [0.29, 0.717) is 64.6 Å². The number of amides is 2. The van der Waals surface area contributed by atoms with Crippen LogP contribution in [-0.4, -0.2) is 152 Å². The SMILES string of the molecule is CO[C@H]1/C=C/O[C@@]2(C)Oc3c(C)c(O)c4c(O)c(c5c(c4c3C2=O)=NC2(CCN(CC(C)C)CC2)N=5)NC(=O)/C(C)=C\C=C\[C@H](C)[C@H](O)[C@@H](C)[C@@H](O)[C@@H](C)[C@H](OC(=O)CC(=O)N2CCN(Cc3ccncc3)CC2)[C@@H]1C. The highest BCUT2D eigenvalue weighted by molar-refractivity contribution is 6.19. The van der Waals surface area contributed by atoms with E-state index >= 15 is 0 Å². The number of piperidine rings is 1. The van der Waals surface area contributed by atoms with Crippen LogP contribution < -0.4 is 20.8 Å². The van der Waals surface area contributed by atoms with Crippen molar-refractivity contribution in [2.24, 2.45) is 39.6 Å².